The zero-order valence-corrected chi connectivity index (χ0v) is 25.6. The summed E-state index contributed by atoms with van der Waals surface area (Å²) in [6.07, 6.45) is 3.54. The summed E-state index contributed by atoms with van der Waals surface area (Å²) < 4.78 is 33.4. The van der Waals surface area contributed by atoms with E-state index in [4.69, 9.17) is 21.3 Å². The Bertz CT molecular complexity index is 1720. The summed E-state index contributed by atoms with van der Waals surface area (Å²) in [6, 6.07) is 9.08. The molecule has 0 aliphatic carbocycles. The van der Waals surface area contributed by atoms with Gasteiger partial charge in [-0.2, -0.15) is 0 Å². The number of aromatic nitrogens is 3. The van der Waals surface area contributed by atoms with E-state index in [2.05, 4.69) is 4.98 Å². The number of benzene rings is 1. The molecule has 1 fully saturated rings. The third-order valence-electron chi connectivity index (χ3n) is 7.05. The molecule has 1 aliphatic rings. The Morgan fingerprint density at radius 2 is 1.86 bits per heavy atom. The van der Waals surface area contributed by atoms with Crippen molar-refractivity contribution in [3.63, 3.8) is 0 Å². The SMILES string of the molecule is CCOc1ncc(Cl)cc1-n1c(C=C(C)C)c(C(=O)N2CCCCC2)cc(-c2nc(-c3ccc(C(F)F)cc3)cs2)c1=O. The number of rotatable bonds is 8. The van der Waals surface area contributed by atoms with Crippen LogP contribution < -0.4 is 10.3 Å². The number of thiazole rings is 1. The average Bonchev–Trinajstić information content (AvgIpc) is 3.48. The van der Waals surface area contributed by atoms with Gasteiger partial charge in [0.1, 0.15) is 10.7 Å². The molecule has 0 bridgehead atoms. The molecule has 7 nitrogen and oxygen atoms in total. The van der Waals surface area contributed by atoms with E-state index in [1.54, 1.807) is 35.7 Å². The van der Waals surface area contributed by atoms with Crippen molar-refractivity contribution in [3.05, 3.63) is 85.7 Å². The first-order valence-electron chi connectivity index (χ1n) is 14.0. The van der Waals surface area contributed by atoms with E-state index < -0.39 is 12.0 Å². The molecule has 1 saturated heterocycles. The molecule has 1 aliphatic heterocycles. The van der Waals surface area contributed by atoms with Crippen LogP contribution in [0.25, 0.3) is 33.6 Å². The molecule has 4 heterocycles. The Morgan fingerprint density at radius 1 is 1.14 bits per heavy atom. The van der Waals surface area contributed by atoms with Crippen LogP contribution in [-0.4, -0.2) is 45.0 Å². The van der Waals surface area contributed by atoms with Gasteiger partial charge in [-0.05, 0) is 58.2 Å². The van der Waals surface area contributed by atoms with Gasteiger partial charge in [-0.1, -0.05) is 41.4 Å². The van der Waals surface area contributed by atoms with Gasteiger partial charge in [0, 0.05) is 35.8 Å². The number of nitrogens with zero attached hydrogens (tertiary/aromatic N) is 4. The van der Waals surface area contributed by atoms with Gasteiger partial charge < -0.3 is 9.64 Å². The minimum absolute atomic E-state index is 0.0851. The smallest absolute Gasteiger partial charge is 0.266 e. The van der Waals surface area contributed by atoms with Crippen LogP contribution >= 0.6 is 22.9 Å². The van der Waals surface area contributed by atoms with Gasteiger partial charge in [-0.15, -0.1) is 11.3 Å². The highest BCUT2D eigenvalue weighted by molar-refractivity contribution is 7.13. The van der Waals surface area contributed by atoms with E-state index in [1.165, 1.54) is 34.2 Å². The number of likely N-dealkylation sites (tertiary alicyclic amines) is 1. The second-order valence-electron chi connectivity index (χ2n) is 10.4. The molecule has 4 aromatic rings. The highest BCUT2D eigenvalue weighted by Gasteiger charge is 2.27. The van der Waals surface area contributed by atoms with E-state index in [0.717, 1.165) is 24.8 Å². The maximum absolute atomic E-state index is 14.4. The van der Waals surface area contributed by atoms with Gasteiger partial charge >= 0.3 is 0 Å². The van der Waals surface area contributed by atoms with Crippen LogP contribution in [0.5, 0.6) is 5.88 Å². The summed E-state index contributed by atoms with van der Waals surface area (Å²) in [6.45, 7) is 7.15. The summed E-state index contributed by atoms with van der Waals surface area (Å²) in [4.78, 5) is 39.4. The Kier molecular flexibility index (Phi) is 9.37. The molecular weight excluding hydrogens is 594 g/mol. The zero-order valence-electron chi connectivity index (χ0n) is 24.1. The fourth-order valence-electron chi connectivity index (χ4n) is 5.03. The molecule has 0 unspecified atom stereocenters. The molecule has 0 saturated carbocycles. The lowest BCUT2D eigenvalue weighted by Crippen LogP contribution is -2.37. The van der Waals surface area contributed by atoms with Gasteiger partial charge in [0.05, 0.1) is 34.1 Å². The molecule has 224 valence electrons. The largest absolute Gasteiger partial charge is 0.476 e. The Labute approximate surface area is 257 Å². The first kappa shape index (κ1) is 30.6. The van der Waals surface area contributed by atoms with E-state index in [-0.39, 0.29) is 22.9 Å². The van der Waals surface area contributed by atoms with Gasteiger partial charge in [0.2, 0.25) is 5.88 Å². The molecule has 43 heavy (non-hydrogen) atoms. The fourth-order valence-corrected chi connectivity index (χ4v) is 6.02. The molecule has 0 atom stereocenters. The number of hydrogen-bond acceptors (Lipinski definition) is 6. The van der Waals surface area contributed by atoms with E-state index in [9.17, 15) is 18.4 Å². The van der Waals surface area contributed by atoms with Crippen molar-refractivity contribution in [1.29, 1.82) is 0 Å². The summed E-state index contributed by atoms with van der Waals surface area (Å²) >= 11 is 7.61. The summed E-state index contributed by atoms with van der Waals surface area (Å²) in [5, 5.41) is 2.45. The number of amides is 1. The summed E-state index contributed by atoms with van der Waals surface area (Å²) in [5.41, 5.74) is 2.80. The van der Waals surface area contributed by atoms with E-state index >= 15 is 0 Å². The lowest BCUT2D eigenvalue weighted by atomic mass is 10.0. The number of halogens is 3. The number of carbonyl (C=O) groups is 1. The minimum Gasteiger partial charge on any atom is -0.476 e. The number of pyridine rings is 2. The van der Waals surface area contributed by atoms with Crippen molar-refractivity contribution in [3.8, 4) is 33.4 Å². The van der Waals surface area contributed by atoms with Crippen molar-refractivity contribution in [1.82, 2.24) is 19.4 Å². The topological polar surface area (TPSA) is 77.3 Å². The third kappa shape index (κ3) is 6.55. The maximum Gasteiger partial charge on any atom is 0.266 e. The number of allylic oxidation sites excluding steroid dienone is 1. The molecule has 1 amide bonds. The highest BCUT2D eigenvalue weighted by Crippen LogP contribution is 2.33. The second kappa shape index (κ2) is 13.2. The molecular formula is C32H31ClF2N4O3S. The minimum atomic E-state index is -2.57. The first-order chi connectivity index (χ1) is 20.7. The van der Waals surface area contributed by atoms with Crippen LogP contribution in [0.1, 0.15) is 68.1 Å². The number of ether oxygens (including phenoxy) is 1. The molecule has 0 spiro atoms. The maximum atomic E-state index is 14.4. The predicted molar refractivity (Wildman–Crippen MR) is 167 cm³/mol. The number of hydrogen-bond donors (Lipinski definition) is 0. The summed E-state index contributed by atoms with van der Waals surface area (Å²) in [5.74, 6) is 0.0133. The Morgan fingerprint density at radius 3 is 2.51 bits per heavy atom. The van der Waals surface area contributed by atoms with Gasteiger partial charge in [-0.25, -0.2) is 18.7 Å². The zero-order chi connectivity index (χ0) is 30.7. The Balaban J connectivity index is 1.76. The number of piperidine rings is 1. The van der Waals surface area contributed by atoms with Crippen molar-refractivity contribution in [2.75, 3.05) is 19.7 Å². The summed E-state index contributed by atoms with van der Waals surface area (Å²) in [7, 11) is 0. The number of carbonyl (C=O) groups excluding carboxylic acids is 1. The van der Waals surface area contributed by atoms with Crippen LogP contribution in [0.3, 0.4) is 0 Å². The highest BCUT2D eigenvalue weighted by atomic mass is 35.5. The third-order valence-corrected chi connectivity index (χ3v) is 8.13. The van der Waals surface area contributed by atoms with Crippen LogP contribution in [-0.2, 0) is 0 Å². The molecule has 0 radical (unpaired) electrons. The van der Waals surface area contributed by atoms with Crippen molar-refractivity contribution < 1.29 is 18.3 Å². The Hall–Kier alpha value is -3.89. The normalized spacial score (nSPS) is 13.3. The average molecular weight is 625 g/mol. The lowest BCUT2D eigenvalue weighted by molar-refractivity contribution is 0.0723. The van der Waals surface area contributed by atoms with Crippen molar-refractivity contribution in [2.45, 2.75) is 46.5 Å². The van der Waals surface area contributed by atoms with Crippen molar-refractivity contribution in [2.24, 2.45) is 0 Å². The van der Waals surface area contributed by atoms with Crippen LogP contribution in [0.15, 0.2) is 58.3 Å². The second-order valence-corrected chi connectivity index (χ2v) is 11.7. The molecule has 11 heteroatoms. The number of alkyl halides is 2. The van der Waals surface area contributed by atoms with Crippen molar-refractivity contribution >= 4 is 34.9 Å². The fraction of sp³-hybridized carbons (Fsp3) is 0.312. The molecule has 3 aromatic heterocycles. The van der Waals surface area contributed by atoms with Crippen LogP contribution in [0.4, 0.5) is 8.78 Å². The van der Waals surface area contributed by atoms with Gasteiger partial charge in [-0.3, -0.25) is 14.2 Å². The standard InChI is InChI=1S/C32H31ClF2N4O3S/c1-4-42-29-27(15-22(33)17-36-29)39-26(14-19(2)3)23(31(40)38-12-6-5-7-13-38)16-24(32(39)41)30-37-25(18-43-30)20-8-10-21(11-9-20)28(34)35/h8-11,14-18,28H,4-7,12-13H2,1-3H3. The molecule has 0 N–H and O–H groups in total. The first-order valence-corrected chi connectivity index (χ1v) is 15.3. The van der Waals surface area contributed by atoms with E-state index in [1.807, 2.05) is 25.7 Å². The lowest BCUT2D eigenvalue weighted by Gasteiger charge is -2.28. The van der Waals surface area contributed by atoms with E-state index in [0.29, 0.717) is 57.9 Å². The van der Waals surface area contributed by atoms with Crippen LogP contribution in [0.2, 0.25) is 5.02 Å². The molecule has 1 aromatic carbocycles. The monoisotopic (exact) mass is 624 g/mol. The van der Waals surface area contributed by atoms with Gasteiger partial charge in [0.15, 0.2) is 0 Å². The predicted octanol–water partition coefficient (Wildman–Crippen LogP) is 8.06. The molecule has 5 rings (SSSR count). The quantitative estimate of drug-likeness (QED) is 0.198. The van der Waals surface area contributed by atoms with Gasteiger partial charge in [0.25, 0.3) is 17.9 Å². The van der Waals surface area contributed by atoms with Crippen LogP contribution in [0, 0.1) is 0 Å².